The second-order valence-electron chi connectivity index (χ2n) is 9.38. The van der Waals surface area contributed by atoms with E-state index in [0.29, 0.717) is 23.8 Å². The van der Waals surface area contributed by atoms with Crippen LogP contribution in [-0.4, -0.2) is 60.1 Å². The highest BCUT2D eigenvalue weighted by atomic mass is 32.2. The summed E-state index contributed by atoms with van der Waals surface area (Å²) in [6.45, 7) is 6.14. The summed E-state index contributed by atoms with van der Waals surface area (Å²) in [6.07, 6.45) is 7.07. The maximum absolute atomic E-state index is 13.2. The molecular weight excluding hydrogens is 446 g/mol. The maximum Gasteiger partial charge on any atom is 0.235 e. The standard InChI is InChI=1S/C25H33N7OS/c1-4-34-16(3)25(33)32-18-7-5-8-19(32)13-17(12-18)27-24-20-9-6-10-26-21(20)14-22(29-24)28-23-11-15(2)30-31-23/h6,9-11,14,16-19H,4-5,7-8,12-13H2,1-3H3,(H3,27,28,29,30,31)/t16?,17?,18-,19+. The molecule has 3 N–H and O–H groups in total. The van der Waals surface area contributed by atoms with E-state index in [0.717, 1.165) is 59.7 Å². The summed E-state index contributed by atoms with van der Waals surface area (Å²) < 4.78 is 0. The Balaban J connectivity index is 1.37. The van der Waals surface area contributed by atoms with Crippen LogP contribution < -0.4 is 10.6 Å². The van der Waals surface area contributed by atoms with Crippen LogP contribution in [0, 0.1) is 6.92 Å². The Morgan fingerprint density at radius 2 is 2.06 bits per heavy atom. The number of piperidine rings is 2. The van der Waals surface area contributed by atoms with Gasteiger partial charge in [-0.2, -0.15) is 5.10 Å². The van der Waals surface area contributed by atoms with Gasteiger partial charge in [0, 0.05) is 47.5 Å². The average molecular weight is 480 g/mol. The number of hydrogen-bond donors (Lipinski definition) is 3. The van der Waals surface area contributed by atoms with Crippen molar-refractivity contribution in [3.8, 4) is 0 Å². The van der Waals surface area contributed by atoms with Crippen LogP contribution in [0.3, 0.4) is 0 Å². The van der Waals surface area contributed by atoms with Crippen molar-refractivity contribution >= 4 is 46.0 Å². The number of hydrogen-bond acceptors (Lipinski definition) is 7. The predicted octanol–water partition coefficient (Wildman–Crippen LogP) is 4.87. The smallest absolute Gasteiger partial charge is 0.235 e. The summed E-state index contributed by atoms with van der Waals surface area (Å²) in [7, 11) is 0. The van der Waals surface area contributed by atoms with Crippen molar-refractivity contribution in [2.24, 2.45) is 0 Å². The highest BCUT2D eigenvalue weighted by Crippen LogP contribution is 2.37. The Morgan fingerprint density at radius 3 is 2.76 bits per heavy atom. The van der Waals surface area contributed by atoms with E-state index in [4.69, 9.17) is 4.98 Å². The maximum atomic E-state index is 13.2. The fourth-order valence-corrected chi connectivity index (χ4v) is 6.21. The number of H-pyrrole nitrogens is 1. The van der Waals surface area contributed by atoms with Gasteiger partial charge in [0.25, 0.3) is 0 Å². The lowest BCUT2D eigenvalue weighted by atomic mass is 9.81. The molecule has 2 saturated heterocycles. The summed E-state index contributed by atoms with van der Waals surface area (Å²) in [5.41, 5.74) is 1.87. The van der Waals surface area contributed by atoms with Crippen molar-refractivity contribution in [2.45, 2.75) is 76.3 Å². The number of aryl methyl sites for hydroxylation is 1. The number of aromatic nitrogens is 4. The van der Waals surface area contributed by atoms with Crippen molar-refractivity contribution in [3.63, 3.8) is 0 Å². The molecule has 1 amide bonds. The molecule has 8 nitrogen and oxygen atoms in total. The number of rotatable bonds is 7. The normalized spacial score (nSPS) is 23.0. The summed E-state index contributed by atoms with van der Waals surface area (Å²) >= 11 is 1.74. The predicted molar refractivity (Wildman–Crippen MR) is 139 cm³/mol. The molecule has 2 unspecified atom stereocenters. The summed E-state index contributed by atoms with van der Waals surface area (Å²) in [6, 6.07) is 8.78. The number of anilines is 3. The van der Waals surface area contributed by atoms with Gasteiger partial charge < -0.3 is 15.5 Å². The molecule has 2 aliphatic heterocycles. The number of amides is 1. The number of thioether (sulfide) groups is 1. The first-order valence-electron chi connectivity index (χ1n) is 12.3. The molecule has 2 aliphatic rings. The molecule has 0 spiro atoms. The largest absolute Gasteiger partial charge is 0.367 e. The van der Waals surface area contributed by atoms with E-state index in [1.807, 2.05) is 25.1 Å². The Hall–Kier alpha value is -2.81. The Kier molecular flexibility index (Phi) is 6.63. The van der Waals surface area contributed by atoms with Crippen molar-refractivity contribution in [3.05, 3.63) is 36.2 Å². The second-order valence-corrected chi connectivity index (χ2v) is 11.0. The molecule has 0 aliphatic carbocycles. The molecule has 180 valence electrons. The van der Waals surface area contributed by atoms with Gasteiger partial charge in [-0.05, 0) is 63.8 Å². The Labute approximate surface area is 204 Å². The Morgan fingerprint density at radius 1 is 1.26 bits per heavy atom. The first kappa shape index (κ1) is 23.0. The summed E-state index contributed by atoms with van der Waals surface area (Å²) in [4.78, 5) is 24.9. The third-order valence-corrected chi connectivity index (χ3v) is 7.93. The van der Waals surface area contributed by atoms with Crippen molar-refractivity contribution in [2.75, 3.05) is 16.4 Å². The number of fused-ring (bicyclic) bond motifs is 3. The average Bonchev–Trinajstić information content (AvgIpc) is 3.22. The third kappa shape index (κ3) is 4.71. The van der Waals surface area contributed by atoms with Gasteiger partial charge in [0.2, 0.25) is 5.91 Å². The number of nitrogens with one attached hydrogen (secondary N) is 3. The van der Waals surface area contributed by atoms with Crippen LogP contribution >= 0.6 is 11.8 Å². The van der Waals surface area contributed by atoms with Crippen LogP contribution in [0.4, 0.5) is 17.5 Å². The minimum atomic E-state index is 0.0303. The molecule has 34 heavy (non-hydrogen) atoms. The van der Waals surface area contributed by atoms with E-state index >= 15 is 0 Å². The SMILES string of the molecule is CCSC(C)C(=O)N1[C@@H]2CCC[C@H]1CC(Nc1nc(Nc3cc(C)[nH]n3)cc3ncccc13)C2. The van der Waals surface area contributed by atoms with E-state index in [-0.39, 0.29) is 11.3 Å². The molecule has 0 aromatic carbocycles. The van der Waals surface area contributed by atoms with Crippen LogP contribution in [-0.2, 0) is 4.79 Å². The molecule has 3 aromatic rings. The molecule has 5 rings (SSSR count). The van der Waals surface area contributed by atoms with E-state index in [2.05, 4.69) is 50.6 Å². The monoisotopic (exact) mass is 479 g/mol. The molecule has 0 radical (unpaired) electrons. The fourth-order valence-electron chi connectivity index (χ4n) is 5.45. The topological polar surface area (TPSA) is 98.8 Å². The zero-order valence-corrected chi connectivity index (χ0v) is 20.9. The van der Waals surface area contributed by atoms with Crippen LogP contribution in [0.25, 0.3) is 10.9 Å². The van der Waals surface area contributed by atoms with Gasteiger partial charge in [0.15, 0.2) is 5.82 Å². The number of pyridine rings is 2. The van der Waals surface area contributed by atoms with Gasteiger partial charge in [-0.3, -0.25) is 14.9 Å². The van der Waals surface area contributed by atoms with Crippen LogP contribution in [0.1, 0.15) is 51.6 Å². The zero-order valence-electron chi connectivity index (χ0n) is 20.0. The molecule has 9 heteroatoms. The lowest BCUT2D eigenvalue weighted by Gasteiger charge is -2.49. The van der Waals surface area contributed by atoms with Gasteiger partial charge in [0.1, 0.15) is 11.6 Å². The minimum absolute atomic E-state index is 0.0303. The molecule has 5 heterocycles. The summed E-state index contributed by atoms with van der Waals surface area (Å²) in [5, 5.41) is 15.3. The number of nitrogens with zero attached hydrogens (tertiary/aromatic N) is 4. The number of carbonyl (C=O) groups is 1. The summed E-state index contributed by atoms with van der Waals surface area (Å²) in [5.74, 6) is 3.55. The van der Waals surface area contributed by atoms with Crippen molar-refractivity contribution < 1.29 is 4.79 Å². The van der Waals surface area contributed by atoms with Crippen LogP contribution in [0.5, 0.6) is 0 Å². The Bertz CT molecular complexity index is 1150. The van der Waals surface area contributed by atoms with E-state index in [1.54, 1.807) is 18.0 Å². The van der Waals surface area contributed by atoms with Crippen LogP contribution in [0.15, 0.2) is 30.5 Å². The first-order chi connectivity index (χ1) is 16.5. The van der Waals surface area contributed by atoms with E-state index in [9.17, 15) is 4.79 Å². The van der Waals surface area contributed by atoms with Gasteiger partial charge in [-0.1, -0.05) is 6.92 Å². The van der Waals surface area contributed by atoms with Gasteiger partial charge in [-0.25, -0.2) is 4.98 Å². The second kappa shape index (κ2) is 9.82. The molecule has 2 fully saturated rings. The van der Waals surface area contributed by atoms with Crippen molar-refractivity contribution in [1.29, 1.82) is 0 Å². The number of carbonyl (C=O) groups excluding carboxylic acids is 1. The van der Waals surface area contributed by atoms with E-state index in [1.165, 1.54) is 6.42 Å². The van der Waals surface area contributed by atoms with Crippen molar-refractivity contribution in [1.82, 2.24) is 25.1 Å². The van der Waals surface area contributed by atoms with E-state index < -0.39 is 0 Å². The fraction of sp³-hybridized carbons (Fsp3) is 0.520. The molecule has 2 bridgehead atoms. The quantitative estimate of drug-likeness (QED) is 0.445. The first-order valence-corrected chi connectivity index (χ1v) is 13.3. The highest BCUT2D eigenvalue weighted by Gasteiger charge is 2.42. The third-order valence-electron chi connectivity index (χ3n) is 6.90. The lowest BCUT2D eigenvalue weighted by Crippen LogP contribution is -2.58. The lowest BCUT2D eigenvalue weighted by molar-refractivity contribution is -0.140. The zero-order chi connectivity index (χ0) is 23.7. The highest BCUT2D eigenvalue weighted by molar-refractivity contribution is 8.00. The molecule has 0 saturated carbocycles. The van der Waals surface area contributed by atoms with Gasteiger partial charge in [-0.15, -0.1) is 11.8 Å². The molecule has 4 atom stereocenters. The molecular formula is C25H33N7OS. The molecule has 3 aromatic heterocycles. The van der Waals surface area contributed by atoms with Gasteiger partial charge >= 0.3 is 0 Å². The van der Waals surface area contributed by atoms with Crippen LogP contribution in [0.2, 0.25) is 0 Å². The minimum Gasteiger partial charge on any atom is -0.367 e. The van der Waals surface area contributed by atoms with Gasteiger partial charge in [0.05, 0.1) is 10.8 Å². The number of aromatic amines is 1.